The van der Waals surface area contributed by atoms with Crippen LogP contribution in [0, 0.1) is 0 Å². The first-order valence-electron chi connectivity index (χ1n) is 9.94. The SMILES string of the molecule is Cn1cc(-c2cc(Nc3ncc4cc(Br)cc(Cl)c4n3)cc(O[C@H]3CCNC3)c2)cn1. The largest absolute Gasteiger partial charge is 0.489 e. The highest BCUT2D eigenvalue weighted by Gasteiger charge is 2.17. The zero-order valence-corrected chi connectivity index (χ0v) is 19.1. The van der Waals surface area contributed by atoms with E-state index < -0.39 is 0 Å². The minimum absolute atomic E-state index is 0.158. The summed E-state index contributed by atoms with van der Waals surface area (Å²) in [7, 11) is 1.90. The van der Waals surface area contributed by atoms with Crippen molar-refractivity contribution in [3.63, 3.8) is 0 Å². The van der Waals surface area contributed by atoms with E-state index >= 15 is 0 Å². The number of benzene rings is 2. The summed E-state index contributed by atoms with van der Waals surface area (Å²) in [5.74, 6) is 1.26. The first-order valence-corrected chi connectivity index (χ1v) is 11.1. The van der Waals surface area contributed by atoms with Gasteiger partial charge in [-0.2, -0.15) is 5.10 Å². The minimum atomic E-state index is 0.158. The molecular weight excluding hydrogens is 480 g/mol. The summed E-state index contributed by atoms with van der Waals surface area (Å²) in [6.45, 7) is 1.82. The monoisotopic (exact) mass is 498 g/mol. The van der Waals surface area contributed by atoms with E-state index in [0.29, 0.717) is 16.5 Å². The highest BCUT2D eigenvalue weighted by Crippen LogP contribution is 2.32. The highest BCUT2D eigenvalue weighted by atomic mass is 79.9. The van der Waals surface area contributed by atoms with Crippen molar-refractivity contribution in [1.29, 1.82) is 0 Å². The maximum Gasteiger partial charge on any atom is 0.227 e. The Morgan fingerprint density at radius 3 is 2.87 bits per heavy atom. The summed E-state index contributed by atoms with van der Waals surface area (Å²) in [5, 5.41) is 12.4. The normalized spacial score (nSPS) is 16.0. The number of fused-ring (bicyclic) bond motifs is 1. The first kappa shape index (κ1) is 20.2. The fourth-order valence-corrected chi connectivity index (χ4v) is 4.53. The molecule has 31 heavy (non-hydrogen) atoms. The molecule has 2 aromatic carbocycles. The van der Waals surface area contributed by atoms with Gasteiger partial charge in [-0.3, -0.25) is 4.68 Å². The second-order valence-corrected chi connectivity index (χ2v) is 8.85. The number of aryl methyl sites for hydroxylation is 1. The standard InChI is InChI=1S/C22H20BrClN6O/c1-30-12-15(10-27-30)13-5-17(8-19(6-13)31-18-2-3-25-11-18)28-22-26-9-14-4-16(23)7-20(24)21(14)29-22/h4-10,12,18,25H,2-3,11H2,1H3,(H,26,28,29)/t18-/m0/s1. The fraction of sp³-hybridized carbons (Fsp3) is 0.227. The molecule has 9 heteroatoms. The molecule has 2 aromatic heterocycles. The average Bonchev–Trinajstić information content (AvgIpc) is 3.40. The lowest BCUT2D eigenvalue weighted by Crippen LogP contribution is -2.19. The number of aromatic nitrogens is 4. The van der Waals surface area contributed by atoms with E-state index in [1.54, 1.807) is 10.9 Å². The van der Waals surface area contributed by atoms with Gasteiger partial charge in [0.05, 0.1) is 16.7 Å². The van der Waals surface area contributed by atoms with Crippen molar-refractivity contribution in [3.05, 3.63) is 58.4 Å². The maximum atomic E-state index is 6.38. The van der Waals surface area contributed by atoms with Gasteiger partial charge in [0.15, 0.2) is 0 Å². The molecule has 1 aliphatic heterocycles. The summed E-state index contributed by atoms with van der Waals surface area (Å²) >= 11 is 9.83. The van der Waals surface area contributed by atoms with Crippen LogP contribution in [0.4, 0.5) is 11.6 Å². The summed E-state index contributed by atoms with van der Waals surface area (Å²) in [4.78, 5) is 9.06. The van der Waals surface area contributed by atoms with Gasteiger partial charge >= 0.3 is 0 Å². The molecule has 1 aliphatic rings. The Balaban J connectivity index is 1.50. The molecule has 158 valence electrons. The quantitative estimate of drug-likeness (QED) is 0.405. The van der Waals surface area contributed by atoms with Crippen LogP contribution in [0.2, 0.25) is 5.02 Å². The Labute approximate surface area is 192 Å². The Morgan fingerprint density at radius 1 is 1.19 bits per heavy atom. The van der Waals surface area contributed by atoms with E-state index in [9.17, 15) is 0 Å². The zero-order valence-electron chi connectivity index (χ0n) is 16.8. The van der Waals surface area contributed by atoms with Crippen LogP contribution in [-0.4, -0.2) is 38.9 Å². The van der Waals surface area contributed by atoms with E-state index in [0.717, 1.165) is 51.9 Å². The van der Waals surface area contributed by atoms with E-state index in [2.05, 4.69) is 41.6 Å². The summed E-state index contributed by atoms with van der Waals surface area (Å²) < 4.78 is 8.90. The Bertz CT molecular complexity index is 1250. The van der Waals surface area contributed by atoms with Gasteiger partial charge in [0, 0.05) is 53.2 Å². The molecule has 0 radical (unpaired) electrons. The van der Waals surface area contributed by atoms with E-state index in [1.807, 2.05) is 49.8 Å². The number of anilines is 2. The smallest absolute Gasteiger partial charge is 0.227 e. The predicted octanol–water partition coefficient (Wildman–Crippen LogP) is 4.93. The van der Waals surface area contributed by atoms with Crippen molar-refractivity contribution < 1.29 is 4.74 Å². The Kier molecular flexibility index (Phi) is 5.52. The van der Waals surface area contributed by atoms with Crippen molar-refractivity contribution in [1.82, 2.24) is 25.1 Å². The van der Waals surface area contributed by atoms with E-state index in [1.165, 1.54) is 0 Å². The van der Waals surface area contributed by atoms with Crippen molar-refractivity contribution in [3.8, 4) is 16.9 Å². The summed E-state index contributed by atoms with van der Waals surface area (Å²) in [5.41, 5.74) is 3.53. The molecule has 4 aromatic rings. The van der Waals surface area contributed by atoms with Gasteiger partial charge in [-0.15, -0.1) is 0 Å². The summed E-state index contributed by atoms with van der Waals surface area (Å²) in [6.07, 6.45) is 6.72. The van der Waals surface area contributed by atoms with Crippen LogP contribution in [0.25, 0.3) is 22.0 Å². The lowest BCUT2D eigenvalue weighted by atomic mass is 10.1. The molecule has 2 N–H and O–H groups in total. The minimum Gasteiger partial charge on any atom is -0.489 e. The third-order valence-electron chi connectivity index (χ3n) is 5.12. The number of nitrogens with zero attached hydrogens (tertiary/aromatic N) is 4. The molecule has 0 saturated carbocycles. The maximum absolute atomic E-state index is 6.38. The predicted molar refractivity (Wildman–Crippen MR) is 126 cm³/mol. The van der Waals surface area contributed by atoms with Gasteiger partial charge in [0.2, 0.25) is 5.95 Å². The molecular formula is C22H20BrClN6O. The third kappa shape index (κ3) is 4.51. The number of rotatable bonds is 5. The molecule has 0 unspecified atom stereocenters. The van der Waals surface area contributed by atoms with Crippen LogP contribution in [0.15, 0.2) is 53.4 Å². The van der Waals surface area contributed by atoms with Gasteiger partial charge < -0.3 is 15.4 Å². The van der Waals surface area contributed by atoms with Crippen LogP contribution in [-0.2, 0) is 7.05 Å². The van der Waals surface area contributed by atoms with Crippen molar-refractivity contribution in [2.75, 3.05) is 18.4 Å². The molecule has 5 rings (SSSR count). The highest BCUT2D eigenvalue weighted by molar-refractivity contribution is 9.10. The third-order valence-corrected chi connectivity index (χ3v) is 5.87. The van der Waals surface area contributed by atoms with Crippen LogP contribution in [0.5, 0.6) is 5.75 Å². The lowest BCUT2D eigenvalue weighted by molar-refractivity contribution is 0.223. The number of hydrogen-bond acceptors (Lipinski definition) is 6. The molecule has 3 heterocycles. The second-order valence-electron chi connectivity index (χ2n) is 7.53. The molecule has 1 saturated heterocycles. The van der Waals surface area contributed by atoms with Crippen LogP contribution < -0.4 is 15.4 Å². The molecule has 0 aliphatic carbocycles. The van der Waals surface area contributed by atoms with Crippen LogP contribution in [0.1, 0.15) is 6.42 Å². The van der Waals surface area contributed by atoms with Gasteiger partial charge in [-0.1, -0.05) is 27.5 Å². The summed E-state index contributed by atoms with van der Waals surface area (Å²) in [6, 6.07) is 9.81. The number of ether oxygens (including phenoxy) is 1. The average molecular weight is 500 g/mol. The molecule has 0 spiro atoms. The molecule has 0 amide bonds. The van der Waals surface area contributed by atoms with Gasteiger partial charge in [-0.05, 0) is 42.8 Å². The topological polar surface area (TPSA) is 76.9 Å². The number of nitrogens with one attached hydrogen (secondary N) is 2. The van der Waals surface area contributed by atoms with Crippen molar-refractivity contribution in [2.24, 2.45) is 7.05 Å². The molecule has 0 bridgehead atoms. The van der Waals surface area contributed by atoms with Crippen molar-refractivity contribution in [2.45, 2.75) is 12.5 Å². The fourth-order valence-electron chi connectivity index (χ4n) is 3.65. The van der Waals surface area contributed by atoms with Crippen LogP contribution in [0.3, 0.4) is 0 Å². The van der Waals surface area contributed by atoms with Crippen LogP contribution >= 0.6 is 27.5 Å². The van der Waals surface area contributed by atoms with Gasteiger partial charge in [-0.25, -0.2) is 9.97 Å². The van der Waals surface area contributed by atoms with Gasteiger partial charge in [0.25, 0.3) is 0 Å². The van der Waals surface area contributed by atoms with Gasteiger partial charge in [0.1, 0.15) is 11.9 Å². The Morgan fingerprint density at radius 2 is 2.10 bits per heavy atom. The number of halogens is 2. The Hall–Kier alpha value is -2.68. The van der Waals surface area contributed by atoms with E-state index in [-0.39, 0.29) is 6.10 Å². The molecule has 1 atom stereocenters. The molecule has 1 fully saturated rings. The zero-order chi connectivity index (χ0) is 21.4. The van der Waals surface area contributed by atoms with E-state index in [4.69, 9.17) is 16.3 Å². The lowest BCUT2D eigenvalue weighted by Gasteiger charge is -2.15. The first-order chi connectivity index (χ1) is 15.0. The number of hydrogen-bond donors (Lipinski definition) is 2. The van der Waals surface area contributed by atoms with Crippen molar-refractivity contribution >= 4 is 50.1 Å². The molecule has 7 nitrogen and oxygen atoms in total. The second kappa shape index (κ2) is 8.45.